The molecule has 144 valence electrons. The highest BCUT2D eigenvalue weighted by Gasteiger charge is 2.07. The van der Waals surface area contributed by atoms with E-state index in [1.165, 1.54) is 17.7 Å². The number of aromatic nitrogens is 2. The molecule has 0 unspecified atom stereocenters. The molecule has 0 aliphatic heterocycles. The lowest BCUT2D eigenvalue weighted by molar-refractivity contribution is 0.478. The first-order valence-corrected chi connectivity index (χ1v) is 9.33. The predicted octanol–water partition coefficient (Wildman–Crippen LogP) is 3.94. The van der Waals surface area contributed by atoms with Gasteiger partial charge in [0.25, 0.3) is 0 Å². The van der Waals surface area contributed by atoms with Gasteiger partial charge in [-0.05, 0) is 52.7 Å². The minimum atomic E-state index is -0.247. The Balaban J connectivity index is 0.00000261. The summed E-state index contributed by atoms with van der Waals surface area (Å²) >= 11 is 1.70. The number of halogens is 2. The van der Waals surface area contributed by atoms with Crippen LogP contribution in [0.1, 0.15) is 11.3 Å². The molecule has 0 aliphatic rings. The first kappa shape index (κ1) is 21.4. The molecule has 0 atom stereocenters. The van der Waals surface area contributed by atoms with Crippen molar-refractivity contribution in [2.24, 2.45) is 4.99 Å². The molecule has 0 bridgehead atoms. The van der Waals surface area contributed by atoms with Crippen LogP contribution in [0.5, 0.6) is 0 Å². The Morgan fingerprint density at radius 2 is 2.04 bits per heavy atom. The lowest BCUT2D eigenvalue weighted by Gasteiger charge is -2.21. The van der Waals surface area contributed by atoms with Crippen molar-refractivity contribution in [1.29, 1.82) is 0 Å². The van der Waals surface area contributed by atoms with Gasteiger partial charge in [-0.3, -0.25) is 4.99 Å². The van der Waals surface area contributed by atoms with E-state index in [0.29, 0.717) is 0 Å². The average molecular weight is 499 g/mol. The van der Waals surface area contributed by atoms with E-state index in [1.807, 2.05) is 19.3 Å². The maximum absolute atomic E-state index is 13.0. The van der Waals surface area contributed by atoms with Crippen LogP contribution in [0, 0.1) is 5.82 Å². The molecule has 0 spiro atoms. The second-order valence-corrected chi connectivity index (χ2v) is 6.72. The highest BCUT2D eigenvalue weighted by molar-refractivity contribution is 14.0. The Hall–Kier alpha value is -1.94. The number of hydrogen-bond donors (Lipinski definition) is 1. The minimum absolute atomic E-state index is 0. The molecule has 5 nitrogen and oxygen atoms in total. The molecule has 0 saturated heterocycles. The van der Waals surface area contributed by atoms with Crippen LogP contribution in [0.3, 0.4) is 0 Å². The molecule has 0 aliphatic carbocycles. The third kappa shape index (κ3) is 6.03. The molecule has 0 saturated carbocycles. The van der Waals surface area contributed by atoms with E-state index in [4.69, 9.17) is 0 Å². The van der Waals surface area contributed by atoms with Crippen LogP contribution >= 0.6 is 35.3 Å². The third-order valence-corrected chi connectivity index (χ3v) is 4.70. The molecule has 3 rings (SSSR count). The van der Waals surface area contributed by atoms with Crippen LogP contribution in [0.2, 0.25) is 0 Å². The fraction of sp³-hybridized carbons (Fsp3) is 0.263. The van der Waals surface area contributed by atoms with E-state index in [0.717, 1.165) is 36.9 Å². The maximum atomic E-state index is 13.0. The van der Waals surface area contributed by atoms with Gasteiger partial charge in [-0.15, -0.1) is 24.0 Å². The van der Waals surface area contributed by atoms with Crippen molar-refractivity contribution in [1.82, 2.24) is 20.0 Å². The predicted molar refractivity (Wildman–Crippen MR) is 120 cm³/mol. The second-order valence-electron chi connectivity index (χ2n) is 5.94. The molecular formula is C19H23FIN5S. The highest BCUT2D eigenvalue weighted by atomic mass is 127. The van der Waals surface area contributed by atoms with Crippen LogP contribution in [-0.2, 0) is 13.0 Å². The number of guanidine groups is 1. The molecule has 8 heteroatoms. The molecule has 3 aromatic rings. The summed E-state index contributed by atoms with van der Waals surface area (Å²) in [4.78, 5) is 6.43. The lowest BCUT2D eigenvalue weighted by atomic mass is 10.3. The van der Waals surface area contributed by atoms with Crippen molar-refractivity contribution in [2.45, 2.75) is 13.0 Å². The molecule has 0 amide bonds. The Morgan fingerprint density at radius 1 is 1.26 bits per heavy atom. The van der Waals surface area contributed by atoms with E-state index in [9.17, 15) is 4.39 Å². The van der Waals surface area contributed by atoms with Gasteiger partial charge in [0.2, 0.25) is 0 Å². The number of benzene rings is 1. The van der Waals surface area contributed by atoms with E-state index < -0.39 is 0 Å². The van der Waals surface area contributed by atoms with Gasteiger partial charge in [-0.25, -0.2) is 9.07 Å². The van der Waals surface area contributed by atoms with Crippen LogP contribution in [0.15, 0.2) is 58.3 Å². The Kier molecular flexibility index (Phi) is 8.23. The van der Waals surface area contributed by atoms with Crippen molar-refractivity contribution in [3.8, 4) is 5.69 Å². The molecule has 2 aromatic heterocycles. The summed E-state index contributed by atoms with van der Waals surface area (Å²) in [6.45, 7) is 1.56. The van der Waals surface area contributed by atoms with Gasteiger partial charge in [0.1, 0.15) is 5.82 Å². The minimum Gasteiger partial charge on any atom is -0.356 e. The van der Waals surface area contributed by atoms with Crippen molar-refractivity contribution in [2.75, 3.05) is 20.6 Å². The number of aliphatic imine (C=N–C) groups is 1. The molecule has 0 fully saturated rings. The van der Waals surface area contributed by atoms with Gasteiger partial charge in [0.15, 0.2) is 5.96 Å². The SMILES string of the molecule is CN=C(NCCc1ccn(-c2ccc(F)cc2)n1)N(C)Cc1ccsc1.I. The van der Waals surface area contributed by atoms with Gasteiger partial charge in [0, 0.05) is 39.8 Å². The largest absolute Gasteiger partial charge is 0.356 e. The van der Waals surface area contributed by atoms with Gasteiger partial charge in [0.05, 0.1) is 11.4 Å². The Labute approximate surface area is 179 Å². The van der Waals surface area contributed by atoms with E-state index in [-0.39, 0.29) is 29.8 Å². The zero-order valence-corrected chi connectivity index (χ0v) is 18.4. The quantitative estimate of drug-likeness (QED) is 0.318. The van der Waals surface area contributed by atoms with Crippen molar-refractivity contribution >= 4 is 41.3 Å². The Morgan fingerprint density at radius 3 is 2.70 bits per heavy atom. The fourth-order valence-corrected chi connectivity index (χ4v) is 3.31. The van der Waals surface area contributed by atoms with Crippen LogP contribution < -0.4 is 5.32 Å². The molecule has 1 aromatic carbocycles. The summed E-state index contributed by atoms with van der Waals surface area (Å²) in [5, 5.41) is 12.1. The standard InChI is InChI=1S/C19H22FN5S.HI/c1-21-19(24(2)13-15-9-12-26-14-15)22-10-7-17-8-11-25(23-17)18-5-3-16(20)4-6-18;/h3-6,8-9,11-12,14H,7,10,13H2,1-2H3,(H,21,22);1H. The number of nitrogens with one attached hydrogen (secondary N) is 1. The number of nitrogens with zero attached hydrogens (tertiary/aromatic N) is 4. The first-order chi connectivity index (χ1) is 12.7. The maximum Gasteiger partial charge on any atom is 0.193 e. The number of hydrogen-bond acceptors (Lipinski definition) is 3. The average Bonchev–Trinajstić information content (AvgIpc) is 3.31. The summed E-state index contributed by atoms with van der Waals surface area (Å²) in [6, 6.07) is 10.4. The smallest absolute Gasteiger partial charge is 0.193 e. The van der Waals surface area contributed by atoms with Crippen LogP contribution in [-0.4, -0.2) is 41.3 Å². The number of rotatable bonds is 6. The third-order valence-electron chi connectivity index (χ3n) is 3.97. The van der Waals surface area contributed by atoms with E-state index >= 15 is 0 Å². The van der Waals surface area contributed by atoms with Gasteiger partial charge >= 0.3 is 0 Å². The van der Waals surface area contributed by atoms with E-state index in [2.05, 4.69) is 37.1 Å². The summed E-state index contributed by atoms with van der Waals surface area (Å²) in [6.07, 6.45) is 2.67. The second kappa shape index (κ2) is 10.4. The zero-order chi connectivity index (χ0) is 18.4. The Bertz CT molecular complexity index is 845. The van der Waals surface area contributed by atoms with Crippen LogP contribution in [0.4, 0.5) is 4.39 Å². The van der Waals surface area contributed by atoms with Gasteiger partial charge < -0.3 is 10.2 Å². The summed E-state index contributed by atoms with van der Waals surface area (Å²) in [5.41, 5.74) is 3.09. The van der Waals surface area contributed by atoms with Crippen molar-refractivity contribution in [3.05, 3.63) is 70.4 Å². The van der Waals surface area contributed by atoms with Crippen LogP contribution in [0.25, 0.3) is 5.69 Å². The summed E-state index contributed by atoms with van der Waals surface area (Å²) < 4.78 is 14.8. The molecular weight excluding hydrogens is 476 g/mol. The molecule has 1 N–H and O–H groups in total. The fourth-order valence-electron chi connectivity index (χ4n) is 2.65. The zero-order valence-electron chi connectivity index (χ0n) is 15.3. The van der Waals surface area contributed by atoms with E-state index in [1.54, 1.807) is 35.2 Å². The number of thiophene rings is 1. The van der Waals surface area contributed by atoms with Gasteiger partial charge in [-0.1, -0.05) is 0 Å². The molecule has 0 radical (unpaired) electrons. The first-order valence-electron chi connectivity index (χ1n) is 8.39. The lowest BCUT2D eigenvalue weighted by Crippen LogP contribution is -2.39. The normalized spacial score (nSPS) is 11.1. The summed E-state index contributed by atoms with van der Waals surface area (Å²) in [7, 11) is 3.81. The van der Waals surface area contributed by atoms with Crippen molar-refractivity contribution < 1.29 is 4.39 Å². The van der Waals surface area contributed by atoms with Gasteiger partial charge in [-0.2, -0.15) is 16.4 Å². The highest BCUT2D eigenvalue weighted by Crippen LogP contribution is 2.10. The molecule has 2 heterocycles. The molecule has 27 heavy (non-hydrogen) atoms. The topological polar surface area (TPSA) is 45.5 Å². The monoisotopic (exact) mass is 499 g/mol. The summed E-state index contributed by atoms with van der Waals surface area (Å²) in [5.74, 6) is 0.609. The van der Waals surface area contributed by atoms with Crippen molar-refractivity contribution in [3.63, 3.8) is 0 Å².